The predicted octanol–water partition coefficient (Wildman–Crippen LogP) is 4.23. The Balaban J connectivity index is 2.05. The van der Waals surface area contributed by atoms with Crippen LogP contribution in [-0.2, 0) is 0 Å². The Morgan fingerprint density at radius 3 is 2.71 bits per heavy atom. The van der Waals surface area contributed by atoms with E-state index >= 15 is 0 Å². The molecule has 1 heterocycles. The normalized spacial score (nSPS) is 12.0. The molecule has 0 saturated heterocycles. The van der Waals surface area contributed by atoms with Crippen LogP contribution < -0.4 is 5.32 Å². The molecule has 3 rings (SSSR count). The SMILES string of the molecule is CNc1ccccc1C(C)c1ccc2[nH]c(C#N)cc2c1. The molecule has 1 aromatic heterocycles. The van der Waals surface area contributed by atoms with Crippen LogP contribution in [0.4, 0.5) is 5.69 Å². The summed E-state index contributed by atoms with van der Waals surface area (Å²) in [5, 5.41) is 13.3. The summed E-state index contributed by atoms with van der Waals surface area (Å²) in [4.78, 5) is 3.10. The van der Waals surface area contributed by atoms with Crippen LogP contribution in [0, 0.1) is 11.3 Å². The van der Waals surface area contributed by atoms with E-state index in [-0.39, 0.29) is 0 Å². The fourth-order valence-electron chi connectivity index (χ4n) is 2.76. The van der Waals surface area contributed by atoms with Gasteiger partial charge in [0.1, 0.15) is 11.8 Å². The van der Waals surface area contributed by atoms with Crippen LogP contribution in [0.15, 0.2) is 48.5 Å². The molecule has 0 saturated carbocycles. The number of nitrogens with zero attached hydrogens (tertiary/aromatic N) is 1. The van der Waals surface area contributed by atoms with E-state index in [2.05, 4.69) is 53.6 Å². The standard InChI is InChI=1S/C18H17N3/c1-12(16-5-3-4-6-18(16)20-2)13-7-8-17-14(9-13)10-15(11-19)21-17/h3-10,12,20-21H,1-2H3. The second-order valence-corrected chi connectivity index (χ2v) is 5.20. The highest BCUT2D eigenvalue weighted by molar-refractivity contribution is 5.82. The van der Waals surface area contributed by atoms with E-state index in [1.54, 1.807) is 0 Å². The van der Waals surface area contributed by atoms with Crippen molar-refractivity contribution in [2.45, 2.75) is 12.8 Å². The Kier molecular flexibility index (Phi) is 3.37. The summed E-state index contributed by atoms with van der Waals surface area (Å²) in [6, 6.07) is 18.7. The van der Waals surface area contributed by atoms with Gasteiger partial charge in [-0.05, 0) is 35.4 Å². The molecule has 0 fully saturated rings. The fourth-order valence-corrected chi connectivity index (χ4v) is 2.76. The first-order valence-electron chi connectivity index (χ1n) is 7.02. The number of nitriles is 1. The minimum Gasteiger partial charge on any atom is -0.388 e. The summed E-state index contributed by atoms with van der Waals surface area (Å²) in [5.74, 6) is 0.290. The topological polar surface area (TPSA) is 51.6 Å². The van der Waals surface area contributed by atoms with Crippen molar-refractivity contribution in [2.24, 2.45) is 0 Å². The number of hydrogen-bond donors (Lipinski definition) is 2. The second kappa shape index (κ2) is 5.34. The molecule has 0 aliphatic rings. The van der Waals surface area contributed by atoms with Crippen LogP contribution in [0.5, 0.6) is 0 Å². The third-order valence-electron chi connectivity index (χ3n) is 3.96. The second-order valence-electron chi connectivity index (χ2n) is 5.20. The Labute approximate surface area is 124 Å². The molecular weight excluding hydrogens is 258 g/mol. The van der Waals surface area contributed by atoms with Gasteiger partial charge < -0.3 is 10.3 Å². The molecule has 3 nitrogen and oxygen atoms in total. The van der Waals surface area contributed by atoms with Gasteiger partial charge in [-0.3, -0.25) is 0 Å². The molecule has 3 heteroatoms. The minimum atomic E-state index is 0.290. The molecule has 2 N–H and O–H groups in total. The van der Waals surface area contributed by atoms with Crippen molar-refractivity contribution in [3.05, 3.63) is 65.4 Å². The third kappa shape index (κ3) is 2.36. The molecule has 3 aromatic rings. The van der Waals surface area contributed by atoms with E-state index in [4.69, 9.17) is 5.26 Å². The van der Waals surface area contributed by atoms with E-state index in [0.29, 0.717) is 11.6 Å². The number of aromatic amines is 1. The zero-order valence-electron chi connectivity index (χ0n) is 12.1. The lowest BCUT2D eigenvalue weighted by atomic mass is 9.91. The molecule has 0 bridgehead atoms. The van der Waals surface area contributed by atoms with Crippen LogP contribution in [0.3, 0.4) is 0 Å². The van der Waals surface area contributed by atoms with Crippen molar-refractivity contribution >= 4 is 16.6 Å². The Hall–Kier alpha value is -2.73. The molecule has 0 radical (unpaired) electrons. The van der Waals surface area contributed by atoms with Gasteiger partial charge in [0.25, 0.3) is 0 Å². The predicted molar refractivity (Wildman–Crippen MR) is 86.5 cm³/mol. The maximum Gasteiger partial charge on any atom is 0.118 e. The van der Waals surface area contributed by atoms with Crippen LogP contribution in [0.2, 0.25) is 0 Å². The van der Waals surface area contributed by atoms with Gasteiger partial charge in [-0.2, -0.15) is 5.26 Å². The lowest BCUT2D eigenvalue weighted by molar-refractivity contribution is 0.926. The number of hydrogen-bond acceptors (Lipinski definition) is 2. The summed E-state index contributed by atoms with van der Waals surface area (Å²) in [7, 11) is 1.94. The van der Waals surface area contributed by atoms with E-state index in [1.807, 2.05) is 25.2 Å². The number of nitrogens with one attached hydrogen (secondary N) is 2. The summed E-state index contributed by atoms with van der Waals surface area (Å²) in [5.41, 5.74) is 5.27. The van der Waals surface area contributed by atoms with Gasteiger partial charge in [-0.1, -0.05) is 31.2 Å². The quantitative estimate of drug-likeness (QED) is 0.751. The molecule has 0 aliphatic heterocycles. The first kappa shape index (κ1) is 13.3. The van der Waals surface area contributed by atoms with Gasteiger partial charge in [0.15, 0.2) is 0 Å². The van der Waals surface area contributed by atoms with Crippen molar-refractivity contribution in [1.29, 1.82) is 5.26 Å². The fraction of sp³-hybridized carbons (Fsp3) is 0.167. The molecule has 0 aliphatic carbocycles. The van der Waals surface area contributed by atoms with Crippen LogP contribution in [0.25, 0.3) is 10.9 Å². The van der Waals surface area contributed by atoms with Crippen molar-refractivity contribution in [3.8, 4) is 6.07 Å². The highest BCUT2D eigenvalue weighted by Gasteiger charge is 2.13. The van der Waals surface area contributed by atoms with E-state index in [1.165, 1.54) is 11.1 Å². The molecule has 0 amide bonds. The van der Waals surface area contributed by atoms with Crippen LogP contribution in [0.1, 0.15) is 29.7 Å². The number of fused-ring (bicyclic) bond motifs is 1. The number of para-hydroxylation sites is 1. The van der Waals surface area contributed by atoms with Crippen LogP contribution in [-0.4, -0.2) is 12.0 Å². The van der Waals surface area contributed by atoms with Gasteiger partial charge in [0.05, 0.1) is 0 Å². The summed E-state index contributed by atoms with van der Waals surface area (Å²) in [6.07, 6.45) is 0. The van der Waals surface area contributed by atoms with Gasteiger partial charge in [-0.25, -0.2) is 0 Å². The lowest BCUT2D eigenvalue weighted by Gasteiger charge is -2.16. The Morgan fingerprint density at radius 2 is 1.95 bits per heavy atom. The van der Waals surface area contributed by atoms with Gasteiger partial charge in [0, 0.05) is 29.6 Å². The largest absolute Gasteiger partial charge is 0.388 e. The maximum atomic E-state index is 8.97. The monoisotopic (exact) mass is 275 g/mol. The zero-order chi connectivity index (χ0) is 14.8. The molecular formula is C18H17N3. The van der Waals surface area contributed by atoms with Crippen molar-refractivity contribution in [2.75, 3.05) is 12.4 Å². The summed E-state index contributed by atoms with van der Waals surface area (Å²) < 4.78 is 0. The smallest absolute Gasteiger partial charge is 0.118 e. The molecule has 21 heavy (non-hydrogen) atoms. The highest BCUT2D eigenvalue weighted by Crippen LogP contribution is 2.31. The minimum absolute atomic E-state index is 0.290. The summed E-state index contributed by atoms with van der Waals surface area (Å²) >= 11 is 0. The maximum absolute atomic E-state index is 8.97. The van der Waals surface area contributed by atoms with E-state index in [9.17, 15) is 0 Å². The number of aromatic nitrogens is 1. The Morgan fingerprint density at radius 1 is 1.14 bits per heavy atom. The number of H-pyrrole nitrogens is 1. The van der Waals surface area contributed by atoms with Gasteiger partial charge in [-0.15, -0.1) is 0 Å². The first-order valence-corrected chi connectivity index (χ1v) is 7.02. The number of benzene rings is 2. The third-order valence-corrected chi connectivity index (χ3v) is 3.96. The first-order chi connectivity index (χ1) is 10.2. The molecule has 1 atom stereocenters. The number of anilines is 1. The molecule has 0 spiro atoms. The van der Waals surface area contributed by atoms with Crippen molar-refractivity contribution in [1.82, 2.24) is 4.98 Å². The van der Waals surface area contributed by atoms with E-state index in [0.717, 1.165) is 16.6 Å². The Bertz CT molecular complexity index is 824. The lowest BCUT2D eigenvalue weighted by Crippen LogP contribution is -2.01. The average Bonchev–Trinajstić information content (AvgIpc) is 2.96. The molecule has 104 valence electrons. The van der Waals surface area contributed by atoms with E-state index < -0.39 is 0 Å². The molecule has 2 aromatic carbocycles. The van der Waals surface area contributed by atoms with Crippen molar-refractivity contribution in [3.63, 3.8) is 0 Å². The van der Waals surface area contributed by atoms with Crippen molar-refractivity contribution < 1.29 is 0 Å². The van der Waals surface area contributed by atoms with Gasteiger partial charge in [0.2, 0.25) is 0 Å². The van der Waals surface area contributed by atoms with Gasteiger partial charge >= 0.3 is 0 Å². The van der Waals surface area contributed by atoms with Crippen LogP contribution >= 0.6 is 0 Å². The summed E-state index contributed by atoms with van der Waals surface area (Å²) in [6.45, 7) is 2.20. The number of rotatable bonds is 3. The average molecular weight is 275 g/mol. The molecule has 1 unspecified atom stereocenters. The highest BCUT2D eigenvalue weighted by atomic mass is 14.8. The zero-order valence-corrected chi connectivity index (χ0v) is 12.1.